The highest BCUT2D eigenvalue weighted by molar-refractivity contribution is 5.79. The largest absolute Gasteiger partial charge is 0.466 e. The molecule has 1 fully saturated rings. The van der Waals surface area contributed by atoms with Crippen molar-refractivity contribution < 1.29 is 19.0 Å². The number of hydrogen-bond donors (Lipinski definition) is 2. The molecule has 2 N–H and O–H groups in total. The van der Waals surface area contributed by atoms with Crippen molar-refractivity contribution in [3.8, 4) is 0 Å². The molecule has 1 aliphatic rings. The summed E-state index contributed by atoms with van der Waals surface area (Å²) < 4.78 is 16.0. The maximum Gasteiger partial charge on any atom is 0.305 e. The zero-order chi connectivity index (χ0) is 18.2. The number of carbonyl (C=O) groups excluding carboxylic acids is 1. The van der Waals surface area contributed by atoms with Gasteiger partial charge in [-0.05, 0) is 45.4 Å². The van der Waals surface area contributed by atoms with E-state index in [4.69, 9.17) is 14.2 Å². The number of hydrogen-bond acceptors (Lipinski definition) is 5. The normalized spacial score (nSPS) is 15.8. The van der Waals surface area contributed by atoms with Gasteiger partial charge in [0.05, 0.1) is 6.61 Å². The van der Waals surface area contributed by atoms with Crippen LogP contribution in [-0.2, 0) is 19.0 Å². The molecule has 0 radical (unpaired) electrons. The zero-order valence-electron chi connectivity index (χ0n) is 15.8. The van der Waals surface area contributed by atoms with Gasteiger partial charge in [-0.1, -0.05) is 0 Å². The van der Waals surface area contributed by atoms with E-state index in [1.165, 1.54) is 0 Å². The zero-order valence-corrected chi connectivity index (χ0v) is 15.8. The van der Waals surface area contributed by atoms with Gasteiger partial charge in [0, 0.05) is 52.5 Å². The summed E-state index contributed by atoms with van der Waals surface area (Å²) >= 11 is 0. The summed E-state index contributed by atoms with van der Waals surface area (Å²) in [7, 11) is 0. The van der Waals surface area contributed by atoms with Gasteiger partial charge < -0.3 is 24.8 Å². The molecule has 25 heavy (non-hydrogen) atoms. The number of aliphatic imine (C=N–C) groups is 1. The topological polar surface area (TPSA) is 81.2 Å². The molecule has 146 valence electrons. The summed E-state index contributed by atoms with van der Waals surface area (Å²) in [4.78, 5) is 15.7. The van der Waals surface area contributed by atoms with Gasteiger partial charge in [0.2, 0.25) is 0 Å². The average Bonchev–Trinajstić information content (AvgIpc) is 2.62. The van der Waals surface area contributed by atoms with Crippen LogP contribution in [-0.4, -0.2) is 64.6 Å². The van der Waals surface area contributed by atoms with Gasteiger partial charge in [-0.3, -0.25) is 9.79 Å². The molecule has 1 saturated heterocycles. The first-order chi connectivity index (χ1) is 12.3. The number of esters is 1. The lowest BCUT2D eigenvalue weighted by Crippen LogP contribution is -2.38. The molecule has 0 bridgehead atoms. The third-order valence-electron chi connectivity index (χ3n) is 3.91. The monoisotopic (exact) mass is 357 g/mol. The van der Waals surface area contributed by atoms with Crippen molar-refractivity contribution in [1.29, 1.82) is 0 Å². The van der Waals surface area contributed by atoms with Crippen LogP contribution in [0.2, 0.25) is 0 Å². The van der Waals surface area contributed by atoms with E-state index in [2.05, 4.69) is 15.6 Å². The molecule has 1 aliphatic heterocycles. The second kappa shape index (κ2) is 15.0. The van der Waals surface area contributed by atoms with E-state index >= 15 is 0 Å². The van der Waals surface area contributed by atoms with E-state index in [1.54, 1.807) is 0 Å². The van der Waals surface area contributed by atoms with Crippen molar-refractivity contribution in [2.24, 2.45) is 10.9 Å². The fourth-order valence-electron chi connectivity index (χ4n) is 2.53. The van der Waals surface area contributed by atoms with Gasteiger partial charge in [0.15, 0.2) is 5.96 Å². The number of carbonyl (C=O) groups is 1. The van der Waals surface area contributed by atoms with E-state index in [9.17, 15) is 4.79 Å². The first-order valence-corrected chi connectivity index (χ1v) is 9.59. The van der Waals surface area contributed by atoms with Gasteiger partial charge >= 0.3 is 5.97 Å². The molecule has 0 amide bonds. The molecule has 0 unspecified atom stereocenters. The SMILES string of the molecule is CCNC(=NCCCC(=O)OCC)NCCCOCC1CCOCC1. The van der Waals surface area contributed by atoms with E-state index < -0.39 is 0 Å². The van der Waals surface area contributed by atoms with Gasteiger partial charge in [-0.15, -0.1) is 0 Å². The van der Waals surface area contributed by atoms with Crippen LogP contribution in [0.1, 0.15) is 46.0 Å². The molecule has 0 saturated carbocycles. The molecule has 0 aliphatic carbocycles. The summed E-state index contributed by atoms with van der Waals surface area (Å²) in [5.41, 5.74) is 0. The number of nitrogens with zero attached hydrogens (tertiary/aromatic N) is 1. The van der Waals surface area contributed by atoms with Crippen molar-refractivity contribution >= 4 is 11.9 Å². The van der Waals surface area contributed by atoms with Gasteiger partial charge in [0.1, 0.15) is 0 Å². The maximum absolute atomic E-state index is 11.3. The second-order valence-electron chi connectivity index (χ2n) is 6.08. The summed E-state index contributed by atoms with van der Waals surface area (Å²) in [5, 5.41) is 6.50. The van der Waals surface area contributed by atoms with Crippen LogP contribution in [0.15, 0.2) is 4.99 Å². The molecule has 7 nitrogen and oxygen atoms in total. The van der Waals surface area contributed by atoms with Crippen LogP contribution in [0.4, 0.5) is 0 Å². The average molecular weight is 357 g/mol. The first kappa shape index (κ1) is 21.7. The molecule has 0 spiro atoms. The Balaban J connectivity index is 2.06. The standard InChI is InChI=1S/C18H35N3O4/c1-3-19-18(20-10-5-7-17(22)25-4-2)21-11-6-12-24-15-16-8-13-23-14-9-16/h16H,3-15H2,1-2H3,(H2,19,20,21). The highest BCUT2D eigenvalue weighted by atomic mass is 16.5. The van der Waals surface area contributed by atoms with Crippen LogP contribution in [0.3, 0.4) is 0 Å². The van der Waals surface area contributed by atoms with Crippen LogP contribution in [0.25, 0.3) is 0 Å². The lowest BCUT2D eigenvalue weighted by Gasteiger charge is -2.21. The second-order valence-corrected chi connectivity index (χ2v) is 6.08. The minimum atomic E-state index is -0.155. The third kappa shape index (κ3) is 11.8. The third-order valence-corrected chi connectivity index (χ3v) is 3.91. The molecular formula is C18H35N3O4. The maximum atomic E-state index is 11.3. The first-order valence-electron chi connectivity index (χ1n) is 9.59. The van der Waals surface area contributed by atoms with E-state index in [-0.39, 0.29) is 5.97 Å². The smallest absolute Gasteiger partial charge is 0.305 e. The van der Waals surface area contributed by atoms with E-state index in [0.29, 0.717) is 31.9 Å². The Morgan fingerprint density at radius 3 is 2.72 bits per heavy atom. The number of nitrogens with one attached hydrogen (secondary N) is 2. The van der Waals surface area contributed by atoms with E-state index in [0.717, 1.165) is 64.7 Å². The fourth-order valence-corrected chi connectivity index (χ4v) is 2.53. The molecule has 7 heteroatoms. The van der Waals surface area contributed by atoms with Gasteiger partial charge in [0.25, 0.3) is 0 Å². The lowest BCUT2D eigenvalue weighted by atomic mass is 10.0. The van der Waals surface area contributed by atoms with Crippen LogP contribution >= 0.6 is 0 Å². The van der Waals surface area contributed by atoms with E-state index in [1.807, 2.05) is 13.8 Å². The summed E-state index contributed by atoms with van der Waals surface area (Å²) in [6.07, 6.45) is 4.28. The van der Waals surface area contributed by atoms with Crippen molar-refractivity contribution in [1.82, 2.24) is 10.6 Å². The Labute approximate surface area is 151 Å². The summed E-state index contributed by atoms with van der Waals surface area (Å²) in [5.74, 6) is 1.29. The Bertz CT molecular complexity index is 371. The van der Waals surface area contributed by atoms with Gasteiger partial charge in [-0.25, -0.2) is 0 Å². The van der Waals surface area contributed by atoms with Crippen molar-refractivity contribution in [3.63, 3.8) is 0 Å². The fraction of sp³-hybridized carbons (Fsp3) is 0.889. The van der Waals surface area contributed by atoms with Crippen molar-refractivity contribution in [3.05, 3.63) is 0 Å². The van der Waals surface area contributed by atoms with Crippen molar-refractivity contribution in [2.45, 2.75) is 46.0 Å². The Morgan fingerprint density at radius 1 is 1.20 bits per heavy atom. The van der Waals surface area contributed by atoms with Gasteiger partial charge in [-0.2, -0.15) is 0 Å². The van der Waals surface area contributed by atoms with Crippen LogP contribution in [0, 0.1) is 5.92 Å². The molecule has 0 aromatic rings. The molecule has 0 aromatic carbocycles. The lowest BCUT2D eigenvalue weighted by molar-refractivity contribution is -0.143. The Kier molecular flexibility index (Phi) is 13.0. The quantitative estimate of drug-likeness (QED) is 0.240. The number of rotatable bonds is 12. The molecular weight excluding hydrogens is 322 g/mol. The Hall–Kier alpha value is -1.34. The minimum Gasteiger partial charge on any atom is -0.466 e. The predicted octanol–water partition coefficient (Wildman–Crippen LogP) is 1.72. The summed E-state index contributed by atoms with van der Waals surface area (Å²) in [6.45, 7) is 9.85. The highest BCUT2D eigenvalue weighted by Gasteiger charge is 2.13. The predicted molar refractivity (Wildman–Crippen MR) is 98.8 cm³/mol. The van der Waals surface area contributed by atoms with Crippen LogP contribution < -0.4 is 10.6 Å². The minimum absolute atomic E-state index is 0.155. The summed E-state index contributed by atoms with van der Waals surface area (Å²) in [6, 6.07) is 0. The molecule has 1 rings (SSSR count). The number of guanidine groups is 1. The Morgan fingerprint density at radius 2 is 2.00 bits per heavy atom. The van der Waals surface area contributed by atoms with Crippen LogP contribution in [0.5, 0.6) is 0 Å². The molecule has 0 aromatic heterocycles. The number of ether oxygens (including phenoxy) is 3. The highest BCUT2D eigenvalue weighted by Crippen LogP contribution is 2.14. The molecule has 1 heterocycles. The van der Waals surface area contributed by atoms with Crippen molar-refractivity contribution in [2.75, 3.05) is 52.7 Å². The molecule has 0 atom stereocenters.